The van der Waals surface area contributed by atoms with E-state index < -0.39 is 0 Å². The molecule has 206 valence electrons. The fourth-order valence-electron chi connectivity index (χ4n) is 6.40. The van der Waals surface area contributed by atoms with Crippen molar-refractivity contribution in [3.63, 3.8) is 0 Å². The number of benzene rings is 1. The first-order valence-corrected chi connectivity index (χ1v) is 14.9. The summed E-state index contributed by atoms with van der Waals surface area (Å²) in [6, 6.07) is 6.76. The van der Waals surface area contributed by atoms with Crippen LogP contribution < -0.4 is 10.6 Å². The van der Waals surface area contributed by atoms with Crippen molar-refractivity contribution in [1.82, 2.24) is 15.2 Å². The summed E-state index contributed by atoms with van der Waals surface area (Å²) in [6.45, 7) is 13.5. The van der Waals surface area contributed by atoms with Crippen LogP contribution in [0.15, 0.2) is 18.2 Å². The van der Waals surface area contributed by atoms with Gasteiger partial charge in [-0.05, 0) is 126 Å². The predicted octanol–water partition coefficient (Wildman–Crippen LogP) is 7.21. The van der Waals surface area contributed by atoms with Crippen LogP contribution >= 0.6 is 0 Å². The Kier molecular flexibility index (Phi) is 7.26. The summed E-state index contributed by atoms with van der Waals surface area (Å²) in [4.78, 5) is 26.9. The van der Waals surface area contributed by atoms with Crippen LogP contribution in [0.2, 0.25) is 0 Å². The lowest BCUT2D eigenvalue weighted by Crippen LogP contribution is -2.40. The number of rotatable bonds is 7. The molecule has 2 N–H and O–H groups in total. The first-order chi connectivity index (χ1) is 17.9. The number of hydrogen-bond acceptors (Lipinski definition) is 2. The second kappa shape index (κ2) is 10.2. The van der Waals surface area contributed by atoms with Crippen molar-refractivity contribution in [2.24, 2.45) is 5.92 Å². The second-order valence-electron chi connectivity index (χ2n) is 13.7. The lowest BCUT2D eigenvalue weighted by molar-refractivity contribution is 0.0908. The average Bonchev–Trinajstić information content (AvgIpc) is 3.53. The van der Waals surface area contributed by atoms with E-state index in [2.05, 4.69) is 54.2 Å². The molecule has 0 radical (unpaired) electrons. The summed E-state index contributed by atoms with van der Waals surface area (Å²) in [7, 11) is 0. The van der Waals surface area contributed by atoms with Gasteiger partial charge in [0, 0.05) is 29.4 Å². The molecule has 2 amide bonds. The molecule has 0 unspecified atom stereocenters. The van der Waals surface area contributed by atoms with Crippen LogP contribution in [0.1, 0.15) is 129 Å². The van der Waals surface area contributed by atoms with Crippen molar-refractivity contribution in [1.29, 1.82) is 0 Å². The van der Waals surface area contributed by atoms with Gasteiger partial charge in [-0.25, -0.2) is 0 Å². The molecule has 3 aliphatic carbocycles. The van der Waals surface area contributed by atoms with Crippen LogP contribution in [0.3, 0.4) is 0 Å². The van der Waals surface area contributed by atoms with Crippen molar-refractivity contribution < 1.29 is 9.59 Å². The van der Waals surface area contributed by atoms with E-state index in [4.69, 9.17) is 0 Å². The van der Waals surface area contributed by atoms with Crippen molar-refractivity contribution >= 4 is 11.8 Å². The number of aromatic nitrogens is 1. The molecule has 3 saturated carbocycles. The molecular weight excluding hydrogens is 470 g/mol. The Morgan fingerprint density at radius 1 is 0.947 bits per heavy atom. The molecule has 3 aliphatic rings. The summed E-state index contributed by atoms with van der Waals surface area (Å²) in [5, 5.41) is 6.46. The molecule has 0 bridgehead atoms. The lowest BCUT2D eigenvalue weighted by Gasteiger charge is -2.26. The van der Waals surface area contributed by atoms with Crippen molar-refractivity contribution in [2.45, 2.75) is 129 Å². The Morgan fingerprint density at radius 2 is 1.63 bits per heavy atom. The fourth-order valence-corrected chi connectivity index (χ4v) is 6.40. The Bertz CT molecular complexity index is 1220. The van der Waals surface area contributed by atoms with Crippen LogP contribution in [0.25, 0.3) is 11.3 Å². The van der Waals surface area contributed by atoms with E-state index in [1.807, 2.05) is 20.8 Å². The highest BCUT2D eigenvalue weighted by atomic mass is 16.2. The van der Waals surface area contributed by atoms with Gasteiger partial charge in [-0.15, -0.1) is 0 Å². The molecule has 1 heterocycles. The molecular formula is C33H47N3O2. The normalized spacial score (nSPS) is 19.6. The monoisotopic (exact) mass is 517 g/mol. The average molecular weight is 518 g/mol. The predicted molar refractivity (Wildman–Crippen MR) is 155 cm³/mol. The standard InChI is InChI=1S/C33H47N3O2/c1-21-28(31(38)34-27-13-10-14-27)22(2)36(20-23-11-8-7-9-12-23)29(21)24-17-25(30(37)35-32(3,4)5)19-26(18-24)33(6)15-16-33/h17-19,23,27H,7-16,20H2,1-6H3,(H,34,38)(H,35,37). The van der Waals surface area contributed by atoms with Gasteiger partial charge in [0.15, 0.2) is 0 Å². The highest BCUT2D eigenvalue weighted by Gasteiger charge is 2.40. The zero-order chi connectivity index (χ0) is 27.2. The van der Waals surface area contributed by atoms with Crippen LogP contribution in [-0.2, 0) is 12.0 Å². The highest BCUT2D eigenvalue weighted by molar-refractivity contribution is 6.00. The van der Waals surface area contributed by atoms with Gasteiger partial charge in [-0.2, -0.15) is 0 Å². The molecule has 5 rings (SSSR count). The maximum absolute atomic E-state index is 13.6. The number of carbonyl (C=O) groups is 2. The number of amides is 2. The van der Waals surface area contributed by atoms with E-state index >= 15 is 0 Å². The second-order valence-corrected chi connectivity index (χ2v) is 13.7. The first-order valence-electron chi connectivity index (χ1n) is 14.9. The molecule has 1 aromatic heterocycles. The Hall–Kier alpha value is -2.56. The van der Waals surface area contributed by atoms with Gasteiger partial charge in [0.05, 0.1) is 11.3 Å². The zero-order valence-corrected chi connectivity index (χ0v) is 24.4. The zero-order valence-electron chi connectivity index (χ0n) is 24.4. The first kappa shape index (κ1) is 27.0. The van der Waals surface area contributed by atoms with Crippen molar-refractivity contribution in [2.75, 3.05) is 0 Å². The number of nitrogens with zero attached hydrogens (tertiary/aromatic N) is 1. The Morgan fingerprint density at radius 3 is 2.21 bits per heavy atom. The topological polar surface area (TPSA) is 63.1 Å². The quantitative estimate of drug-likeness (QED) is 0.407. The number of nitrogens with one attached hydrogen (secondary N) is 2. The van der Waals surface area contributed by atoms with E-state index in [1.165, 1.54) is 44.1 Å². The molecule has 0 aliphatic heterocycles. The van der Waals surface area contributed by atoms with Crippen molar-refractivity contribution in [3.05, 3.63) is 46.1 Å². The third-order valence-corrected chi connectivity index (χ3v) is 9.25. The van der Waals surface area contributed by atoms with Gasteiger partial charge in [0.2, 0.25) is 0 Å². The summed E-state index contributed by atoms with van der Waals surface area (Å²) in [5.74, 6) is 0.653. The van der Waals surface area contributed by atoms with E-state index in [-0.39, 0.29) is 22.8 Å². The summed E-state index contributed by atoms with van der Waals surface area (Å²) in [6.07, 6.45) is 12.0. The third kappa shape index (κ3) is 5.58. The molecule has 2 aromatic rings. The maximum Gasteiger partial charge on any atom is 0.253 e. The van der Waals surface area contributed by atoms with Crippen LogP contribution in [0, 0.1) is 19.8 Å². The fraction of sp³-hybridized carbons (Fsp3) is 0.636. The number of carbonyl (C=O) groups excluding carboxylic acids is 2. The van der Waals surface area contributed by atoms with Gasteiger partial charge in [-0.1, -0.05) is 26.2 Å². The SMILES string of the molecule is Cc1c(C(=O)NC2CCC2)c(C)n(CC2CCCCC2)c1-c1cc(C(=O)NC(C)(C)C)cc(C2(C)CC2)c1. The lowest BCUT2D eigenvalue weighted by atomic mass is 9.89. The molecule has 38 heavy (non-hydrogen) atoms. The van der Waals surface area contributed by atoms with Crippen molar-refractivity contribution in [3.8, 4) is 11.3 Å². The minimum Gasteiger partial charge on any atom is -0.349 e. The van der Waals surface area contributed by atoms with Gasteiger partial charge < -0.3 is 15.2 Å². The van der Waals surface area contributed by atoms with E-state index in [1.54, 1.807) is 0 Å². The minimum atomic E-state index is -0.308. The highest BCUT2D eigenvalue weighted by Crippen LogP contribution is 2.49. The maximum atomic E-state index is 13.6. The molecule has 0 atom stereocenters. The van der Waals surface area contributed by atoms with Gasteiger partial charge in [0.25, 0.3) is 11.8 Å². The summed E-state index contributed by atoms with van der Waals surface area (Å²) >= 11 is 0. The molecule has 5 heteroatoms. The summed E-state index contributed by atoms with van der Waals surface area (Å²) in [5.41, 5.74) is 6.86. The van der Waals surface area contributed by atoms with E-state index in [0.717, 1.165) is 60.3 Å². The molecule has 0 saturated heterocycles. The Balaban J connectivity index is 1.62. The van der Waals surface area contributed by atoms with E-state index in [9.17, 15) is 9.59 Å². The largest absolute Gasteiger partial charge is 0.349 e. The van der Waals surface area contributed by atoms with Gasteiger partial charge in [-0.3, -0.25) is 9.59 Å². The molecule has 5 nitrogen and oxygen atoms in total. The molecule has 0 spiro atoms. The van der Waals surface area contributed by atoms with Gasteiger partial charge >= 0.3 is 0 Å². The number of hydrogen-bond donors (Lipinski definition) is 2. The third-order valence-electron chi connectivity index (χ3n) is 9.25. The van der Waals surface area contributed by atoms with Crippen LogP contribution in [-0.4, -0.2) is 28.0 Å². The smallest absolute Gasteiger partial charge is 0.253 e. The van der Waals surface area contributed by atoms with Crippen LogP contribution in [0.5, 0.6) is 0 Å². The van der Waals surface area contributed by atoms with Gasteiger partial charge in [0.1, 0.15) is 0 Å². The Labute approximate surface area is 229 Å². The van der Waals surface area contributed by atoms with Crippen LogP contribution in [0.4, 0.5) is 0 Å². The molecule has 1 aromatic carbocycles. The minimum absolute atomic E-state index is 0.0347. The summed E-state index contributed by atoms with van der Waals surface area (Å²) < 4.78 is 2.42. The molecule has 3 fully saturated rings. The van der Waals surface area contributed by atoms with E-state index in [0.29, 0.717) is 17.5 Å².